The fraction of sp³-hybridized carbons (Fsp3) is 0.143. The van der Waals surface area contributed by atoms with Crippen LogP contribution in [0.25, 0.3) is 11.2 Å². The van der Waals surface area contributed by atoms with Crippen molar-refractivity contribution >= 4 is 11.2 Å². The molecule has 4 rings (SSSR count). The van der Waals surface area contributed by atoms with Gasteiger partial charge in [0.1, 0.15) is 24.7 Å². The van der Waals surface area contributed by atoms with Crippen LogP contribution in [0.15, 0.2) is 79.3 Å². The minimum absolute atomic E-state index is 0.558. The number of nitrogens with zero attached hydrogens (tertiary/aromatic N) is 3. The minimum Gasteiger partial charge on any atom is -0.492 e. The summed E-state index contributed by atoms with van der Waals surface area (Å²) in [6.45, 7) is 1.84. The van der Waals surface area contributed by atoms with Crippen LogP contribution in [0.1, 0.15) is 5.56 Å². The fourth-order valence-electron chi connectivity index (χ4n) is 2.71. The first-order chi connectivity index (χ1) is 12.9. The highest BCUT2D eigenvalue weighted by Crippen LogP contribution is 2.19. The molecule has 0 saturated heterocycles. The molecule has 5 heteroatoms. The fourth-order valence-corrected chi connectivity index (χ4v) is 2.71. The Balaban J connectivity index is 1.29. The highest BCUT2D eigenvalue weighted by Gasteiger charge is 2.03. The van der Waals surface area contributed by atoms with E-state index >= 15 is 0 Å². The van der Waals surface area contributed by atoms with Gasteiger partial charge in [0.25, 0.3) is 0 Å². The molecule has 0 spiro atoms. The number of ether oxygens (including phenoxy) is 2. The highest BCUT2D eigenvalue weighted by molar-refractivity contribution is 5.70. The molecule has 0 atom stereocenters. The molecule has 0 bridgehead atoms. The molecular weight excluding hydrogens is 326 g/mol. The summed E-state index contributed by atoms with van der Waals surface area (Å²) in [6.07, 6.45) is 3.54. The van der Waals surface area contributed by atoms with Gasteiger partial charge in [-0.2, -0.15) is 0 Å². The van der Waals surface area contributed by atoms with Gasteiger partial charge in [0, 0.05) is 6.20 Å². The Morgan fingerprint density at radius 3 is 2.35 bits per heavy atom. The lowest BCUT2D eigenvalue weighted by molar-refractivity contribution is 0.294. The maximum atomic E-state index is 5.82. The van der Waals surface area contributed by atoms with Crippen LogP contribution in [0.2, 0.25) is 0 Å². The van der Waals surface area contributed by atoms with E-state index in [9.17, 15) is 0 Å². The first-order valence-corrected chi connectivity index (χ1v) is 8.54. The van der Waals surface area contributed by atoms with Crippen LogP contribution in [0.5, 0.6) is 11.5 Å². The van der Waals surface area contributed by atoms with E-state index in [1.807, 2.05) is 71.3 Å². The maximum absolute atomic E-state index is 5.82. The van der Waals surface area contributed by atoms with Gasteiger partial charge < -0.3 is 14.0 Å². The summed E-state index contributed by atoms with van der Waals surface area (Å²) in [7, 11) is 0. The molecule has 0 amide bonds. The summed E-state index contributed by atoms with van der Waals surface area (Å²) >= 11 is 0. The van der Waals surface area contributed by atoms with Crippen LogP contribution >= 0.6 is 0 Å². The van der Waals surface area contributed by atoms with Crippen LogP contribution in [-0.4, -0.2) is 21.1 Å². The van der Waals surface area contributed by atoms with Crippen molar-refractivity contribution in [3.63, 3.8) is 0 Å². The molecule has 2 aromatic heterocycles. The molecule has 0 aliphatic rings. The molecule has 130 valence electrons. The van der Waals surface area contributed by atoms with Gasteiger partial charge in [0.15, 0.2) is 5.65 Å². The van der Waals surface area contributed by atoms with Gasteiger partial charge in [-0.3, -0.25) is 0 Å². The van der Waals surface area contributed by atoms with E-state index in [2.05, 4.69) is 9.97 Å². The van der Waals surface area contributed by atoms with Crippen molar-refractivity contribution in [2.24, 2.45) is 0 Å². The largest absolute Gasteiger partial charge is 0.492 e. The Morgan fingerprint density at radius 1 is 0.769 bits per heavy atom. The van der Waals surface area contributed by atoms with Crippen LogP contribution in [0, 0.1) is 0 Å². The smallest absolute Gasteiger partial charge is 0.177 e. The summed E-state index contributed by atoms with van der Waals surface area (Å²) < 4.78 is 13.6. The number of imidazole rings is 1. The summed E-state index contributed by atoms with van der Waals surface area (Å²) in [5.74, 6) is 1.65. The molecule has 0 fully saturated rings. The van der Waals surface area contributed by atoms with Crippen LogP contribution in [0.4, 0.5) is 0 Å². The Labute approximate surface area is 151 Å². The second-order valence-electron chi connectivity index (χ2n) is 5.88. The molecule has 0 unspecified atom stereocenters. The molecule has 0 saturated carbocycles. The van der Waals surface area contributed by atoms with Crippen molar-refractivity contribution < 1.29 is 9.47 Å². The third kappa shape index (κ3) is 3.83. The molecule has 4 aromatic rings. The Bertz CT molecular complexity index is 965. The number of pyridine rings is 1. The molecule has 0 aliphatic carbocycles. The van der Waals surface area contributed by atoms with E-state index in [4.69, 9.17) is 9.47 Å². The van der Waals surface area contributed by atoms with Gasteiger partial charge in [0.2, 0.25) is 0 Å². The predicted molar refractivity (Wildman–Crippen MR) is 100 cm³/mol. The molecule has 5 nitrogen and oxygen atoms in total. The molecule has 2 aromatic carbocycles. The van der Waals surface area contributed by atoms with Crippen molar-refractivity contribution in [2.75, 3.05) is 6.61 Å². The number of hydrogen-bond donors (Lipinski definition) is 0. The van der Waals surface area contributed by atoms with E-state index in [1.165, 1.54) is 0 Å². The first-order valence-electron chi connectivity index (χ1n) is 8.54. The van der Waals surface area contributed by atoms with Gasteiger partial charge in [-0.05, 0) is 42.0 Å². The van der Waals surface area contributed by atoms with Crippen molar-refractivity contribution in [1.29, 1.82) is 0 Å². The second-order valence-corrected chi connectivity index (χ2v) is 5.88. The lowest BCUT2D eigenvalue weighted by Crippen LogP contribution is -2.07. The lowest BCUT2D eigenvalue weighted by Gasteiger charge is -2.09. The molecule has 0 aliphatic heterocycles. The number of rotatable bonds is 7. The molecule has 26 heavy (non-hydrogen) atoms. The van der Waals surface area contributed by atoms with E-state index < -0.39 is 0 Å². The number of hydrogen-bond acceptors (Lipinski definition) is 4. The van der Waals surface area contributed by atoms with Crippen molar-refractivity contribution in [1.82, 2.24) is 14.5 Å². The number of fused-ring (bicyclic) bond motifs is 1. The standard InChI is InChI=1S/C21H19N3O2/c1-2-5-17(6-3-1)15-26-19-10-8-18(9-11-19)25-14-13-24-16-23-21-20(24)7-4-12-22-21/h1-12,16H,13-15H2. The molecule has 2 heterocycles. The van der Waals surface area contributed by atoms with E-state index in [0.717, 1.165) is 28.2 Å². The van der Waals surface area contributed by atoms with Crippen LogP contribution in [0.3, 0.4) is 0 Å². The maximum Gasteiger partial charge on any atom is 0.177 e. The SMILES string of the molecule is c1ccc(COc2ccc(OCCn3cnc4ncccc43)cc2)cc1. The molecular formula is C21H19N3O2. The van der Waals surface area contributed by atoms with Gasteiger partial charge in [-0.25, -0.2) is 9.97 Å². The predicted octanol–water partition coefficient (Wildman–Crippen LogP) is 4.09. The minimum atomic E-state index is 0.558. The Morgan fingerprint density at radius 2 is 1.54 bits per heavy atom. The monoisotopic (exact) mass is 345 g/mol. The first kappa shape index (κ1) is 16.1. The summed E-state index contributed by atoms with van der Waals surface area (Å²) in [5, 5.41) is 0. The zero-order valence-electron chi connectivity index (χ0n) is 14.3. The van der Waals surface area contributed by atoms with Crippen molar-refractivity contribution in [3.05, 3.63) is 84.8 Å². The Hall–Kier alpha value is -3.34. The molecule has 0 N–H and O–H groups in total. The van der Waals surface area contributed by atoms with Crippen LogP contribution in [-0.2, 0) is 13.2 Å². The lowest BCUT2D eigenvalue weighted by atomic mass is 10.2. The number of aromatic nitrogens is 3. The zero-order chi connectivity index (χ0) is 17.6. The third-order valence-corrected chi connectivity index (χ3v) is 4.07. The summed E-state index contributed by atoms with van der Waals surface area (Å²) in [4.78, 5) is 8.51. The van der Waals surface area contributed by atoms with Gasteiger partial charge in [-0.15, -0.1) is 0 Å². The zero-order valence-corrected chi connectivity index (χ0v) is 14.3. The van der Waals surface area contributed by atoms with Crippen molar-refractivity contribution in [3.8, 4) is 11.5 Å². The average Bonchev–Trinajstić information content (AvgIpc) is 3.11. The Kier molecular flexibility index (Phi) is 4.78. The normalized spacial score (nSPS) is 10.8. The average molecular weight is 345 g/mol. The van der Waals surface area contributed by atoms with Gasteiger partial charge >= 0.3 is 0 Å². The topological polar surface area (TPSA) is 49.2 Å². The molecule has 0 radical (unpaired) electrons. The summed E-state index contributed by atoms with van der Waals surface area (Å²) in [5.41, 5.74) is 2.92. The van der Waals surface area contributed by atoms with Crippen molar-refractivity contribution in [2.45, 2.75) is 13.2 Å². The van der Waals surface area contributed by atoms with Gasteiger partial charge in [-0.1, -0.05) is 30.3 Å². The van der Waals surface area contributed by atoms with Crippen LogP contribution < -0.4 is 9.47 Å². The van der Waals surface area contributed by atoms with Gasteiger partial charge in [0.05, 0.1) is 18.4 Å². The van der Waals surface area contributed by atoms with E-state index in [0.29, 0.717) is 19.8 Å². The van der Waals surface area contributed by atoms with E-state index in [1.54, 1.807) is 12.5 Å². The van der Waals surface area contributed by atoms with E-state index in [-0.39, 0.29) is 0 Å². The highest BCUT2D eigenvalue weighted by atomic mass is 16.5. The quantitative estimate of drug-likeness (QED) is 0.506. The number of benzene rings is 2. The second kappa shape index (κ2) is 7.70. The summed E-state index contributed by atoms with van der Waals surface area (Å²) in [6, 6.07) is 21.7. The third-order valence-electron chi connectivity index (χ3n) is 4.07.